The van der Waals surface area contributed by atoms with Crippen molar-refractivity contribution in [1.82, 2.24) is 5.32 Å². The lowest BCUT2D eigenvalue weighted by atomic mass is 9.85. The van der Waals surface area contributed by atoms with E-state index in [0.717, 1.165) is 6.42 Å². The number of aryl methyl sites for hydroxylation is 1. The van der Waals surface area contributed by atoms with Gasteiger partial charge in [-0.3, -0.25) is 9.59 Å². The van der Waals surface area contributed by atoms with Crippen molar-refractivity contribution in [1.29, 1.82) is 5.26 Å². The third kappa shape index (κ3) is 6.10. The maximum atomic E-state index is 13.5. The van der Waals surface area contributed by atoms with Crippen LogP contribution in [0.3, 0.4) is 0 Å². The molecule has 0 saturated heterocycles. The lowest BCUT2D eigenvalue weighted by Crippen LogP contribution is -2.31. The zero-order valence-corrected chi connectivity index (χ0v) is 22.1. The van der Waals surface area contributed by atoms with Crippen molar-refractivity contribution in [2.45, 2.75) is 26.2 Å². The Kier molecular flexibility index (Phi) is 8.56. The SMILES string of the molecule is CCc1ccc(NC(=O)C2=C(C)NC(SCC(=O)Nc3ccc(OC)cc3)=C(C#N)[C@@H]2c2ccco2)cc1. The molecular weight excluding hydrogens is 500 g/mol. The fourth-order valence-electron chi connectivity index (χ4n) is 4.10. The highest BCUT2D eigenvalue weighted by molar-refractivity contribution is 8.03. The number of dihydropyridines is 1. The molecule has 0 bridgehead atoms. The van der Waals surface area contributed by atoms with E-state index in [0.29, 0.717) is 44.8 Å². The van der Waals surface area contributed by atoms with Crippen molar-refractivity contribution in [2.75, 3.05) is 23.5 Å². The van der Waals surface area contributed by atoms with Crippen LogP contribution in [0.5, 0.6) is 5.75 Å². The van der Waals surface area contributed by atoms with E-state index in [9.17, 15) is 14.9 Å². The fourth-order valence-corrected chi connectivity index (χ4v) is 4.99. The van der Waals surface area contributed by atoms with Gasteiger partial charge in [0.05, 0.1) is 47.3 Å². The smallest absolute Gasteiger partial charge is 0.254 e. The van der Waals surface area contributed by atoms with E-state index >= 15 is 0 Å². The van der Waals surface area contributed by atoms with Crippen LogP contribution in [-0.2, 0) is 16.0 Å². The maximum Gasteiger partial charge on any atom is 0.254 e. The number of hydrogen-bond donors (Lipinski definition) is 3. The van der Waals surface area contributed by atoms with E-state index in [-0.39, 0.29) is 17.6 Å². The van der Waals surface area contributed by atoms with Gasteiger partial charge in [0.15, 0.2) is 0 Å². The van der Waals surface area contributed by atoms with Gasteiger partial charge in [-0.15, -0.1) is 0 Å². The van der Waals surface area contributed by atoms with Gasteiger partial charge in [0.1, 0.15) is 11.5 Å². The number of carbonyl (C=O) groups excluding carboxylic acids is 2. The van der Waals surface area contributed by atoms with Gasteiger partial charge >= 0.3 is 0 Å². The molecule has 1 aliphatic rings. The Morgan fingerprint density at radius 2 is 1.76 bits per heavy atom. The van der Waals surface area contributed by atoms with Gasteiger partial charge < -0.3 is 25.1 Å². The molecule has 1 aliphatic heterocycles. The van der Waals surface area contributed by atoms with Crippen LogP contribution >= 0.6 is 11.8 Å². The number of furan rings is 1. The molecule has 1 atom stereocenters. The molecule has 2 aromatic carbocycles. The Morgan fingerprint density at radius 1 is 1.08 bits per heavy atom. The summed E-state index contributed by atoms with van der Waals surface area (Å²) in [5.41, 5.74) is 3.72. The van der Waals surface area contributed by atoms with Crippen molar-refractivity contribution in [3.8, 4) is 11.8 Å². The molecule has 0 fully saturated rings. The number of nitrogens with one attached hydrogen (secondary N) is 3. The average molecular weight is 529 g/mol. The minimum Gasteiger partial charge on any atom is -0.497 e. The zero-order chi connectivity index (χ0) is 27.1. The summed E-state index contributed by atoms with van der Waals surface area (Å²) in [6, 6.07) is 20.4. The molecule has 0 radical (unpaired) electrons. The molecule has 4 rings (SSSR count). The Balaban J connectivity index is 1.54. The van der Waals surface area contributed by atoms with Crippen LogP contribution in [-0.4, -0.2) is 24.7 Å². The second kappa shape index (κ2) is 12.2. The van der Waals surface area contributed by atoms with Crippen LogP contribution in [0, 0.1) is 11.3 Å². The van der Waals surface area contributed by atoms with E-state index in [1.54, 1.807) is 50.4 Å². The fraction of sp³-hybridized carbons (Fsp3) is 0.207. The summed E-state index contributed by atoms with van der Waals surface area (Å²) >= 11 is 1.19. The third-order valence-electron chi connectivity index (χ3n) is 6.06. The highest BCUT2D eigenvalue weighted by atomic mass is 32.2. The van der Waals surface area contributed by atoms with Gasteiger partial charge in [-0.1, -0.05) is 30.8 Å². The summed E-state index contributed by atoms with van der Waals surface area (Å²) < 4.78 is 10.8. The molecule has 38 heavy (non-hydrogen) atoms. The minimum absolute atomic E-state index is 0.0585. The molecular formula is C29H28N4O4S. The molecule has 2 heterocycles. The summed E-state index contributed by atoms with van der Waals surface area (Å²) in [5, 5.41) is 19.6. The number of thioether (sulfide) groups is 1. The molecule has 3 aromatic rings. The predicted molar refractivity (Wildman–Crippen MR) is 148 cm³/mol. The summed E-state index contributed by atoms with van der Waals surface area (Å²) in [4.78, 5) is 26.1. The Hall–Kier alpha value is -4.42. The number of rotatable bonds is 9. The first-order valence-corrected chi connectivity index (χ1v) is 13.0. The number of carbonyl (C=O) groups is 2. The average Bonchev–Trinajstić information content (AvgIpc) is 3.47. The number of amides is 2. The van der Waals surface area contributed by atoms with E-state index in [4.69, 9.17) is 9.15 Å². The second-order valence-electron chi connectivity index (χ2n) is 8.54. The quantitative estimate of drug-likeness (QED) is 0.333. The second-order valence-corrected chi connectivity index (χ2v) is 9.52. The van der Waals surface area contributed by atoms with E-state index in [1.165, 1.54) is 23.6 Å². The summed E-state index contributed by atoms with van der Waals surface area (Å²) in [5.74, 6) is -0.0791. The summed E-state index contributed by atoms with van der Waals surface area (Å²) in [7, 11) is 1.58. The first kappa shape index (κ1) is 26.6. The first-order chi connectivity index (χ1) is 18.4. The molecule has 9 heteroatoms. The van der Waals surface area contributed by atoms with Crippen LogP contribution in [0.15, 0.2) is 93.2 Å². The monoisotopic (exact) mass is 528 g/mol. The number of hydrogen-bond acceptors (Lipinski definition) is 7. The Labute approximate surface area is 225 Å². The van der Waals surface area contributed by atoms with Crippen molar-refractivity contribution in [3.05, 3.63) is 100 Å². The Morgan fingerprint density at radius 3 is 2.37 bits per heavy atom. The minimum atomic E-state index is -0.724. The van der Waals surface area contributed by atoms with Gasteiger partial charge in [-0.25, -0.2) is 0 Å². The van der Waals surface area contributed by atoms with Crippen molar-refractivity contribution in [3.63, 3.8) is 0 Å². The molecule has 3 N–H and O–H groups in total. The number of methoxy groups -OCH3 is 1. The molecule has 0 aliphatic carbocycles. The van der Waals surface area contributed by atoms with Crippen LogP contribution < -0.4 is 20.7 Å². The van der Waals surface area contributed by atoms with E-state index in [2.05, 4.69) is 28.9 Å². The molecule has 0 spiro atoms. The van der Waals surface area contributed by atoms with Crippen molar-refractivity contribution in [2.24, 2.45) is 0 Å². The van der Waals surface area contributed by atoms with Gasteiger partial charge in [0.25, 0.3) is 5.91 Å². The van der Waals surface area contributed by atoms with Gasteiger partial charge in [0, 0.05) is 17.1 Å². The predicted octanol–water partition coefficient (Wildman–Crippen LogP) is 5.56. The molecule has 1 aromatic heterocycles. The highest BCUT2D eigenvalue weighted by Crippen LogP contribution is 2.41. The normalized spacial score (nSPS) is 14.9. The van der Waals surface area contributed by atoms with Crippen LogP contribution in [0.4, 0.5) is 11.4 Å². The van der Waals surface area contributed by atoms with E-state index < -0.39 is 5.92 Å². The molecule has 194 valence electrons. The standard InChI is InChI=1S/C29H28N4O4S/c1-4-19-7-9-21(10-8-19)33-28(35)26-18(2)31-29(23(16-30)27(26)24-6-5-15-37-24)38-17-25(34)32-20-11-13-22(36-3)14-12-20/h5-15,27,31H,4,17H2,1-3H3,(H,32,34)(H,33,35)/t27-/m1/s1. The van der Waals surface area contributed by atoms with Crippen LogP contribution in [0.2, 0.25) is 0 Å². The van der Waals surface area contributed by atoms with Gasteiger partial charge in [-0.2, -0.15) is 5.26 Å². The largest absolute Gasteiger partial charge is 0.497 e. The third-order valence-corrected chi connectivity index (χ3v) is 7.08. The topological polar surface area (TPSA) is 116 Å². The van der Waals surface area contributed by atoms with Crippen molar-refractivity contribution < 1.29 is 18.7 Å². The van der Waals surface area contributed by atoms with Crippen LogP contribution in [0.1, 0.15) is 31.1 Å². The van der Waals surface area contributed by atoms with E-state index in [1.807, 2.05) is 24.3 Å². The first-order valence-electron chi connectivity index (χ1n) is 12.1. The number of nitrogens with zero attached hydrogens (tertiary/aromatic N) is 1. The number of ether oxygens (including phenoxy) is 1. The molecule has 0 unspecified atom stereocenters. The number of nitriles is 1. The molecule has 0 saturated carbocycles. The Bertz CT molecular complexity index is 1400. The van der Waals surface area contributed by atoms with Crippen molar-refractivity contribution >= 4 is 35.0 Å². The highest BCUT2D eigenvalue weighted by Gasteiger charge is 2.36. The number of anilines is 2. The summed E-state index contributed by atoms with van der Waals surface area (Å²) in [6.45, 7) is 3.84. The number of benzene rings is 2. The summed E-state index contributed by atoms with van der Waals surface area (Å²) in [6.07, 6.45) is 2.41. The van der Waals surface area contributed by atoms with Gasteiger partial charge in [0.2, 0.25) is 5.91 Å². The van der Waals surface area contributed by atoms with Gasteiger partial charge in [-0.05, 0) is 67.4 Å². The molecule has 8 nitrogen and oxygen atoms in total. The number of allylic oxidation sites excluding steroid dienone is 2. The lowest BCUT2D eigenvalue weighted by Gasteiger charge is -2.28. The van der Waals surface area contributed by atoms with Crippen LogP contribution in [0.25, 0.3) is 0 Å². The molecule has 2 amide bonds. The lowest BCUT2D eigenvalue weighted by molar-refractivity contribution is -0.114. The maximum absolute atomic E-state index is 13.5. The zero-order valence-electron chi connectivity index (χ0n) is 21.3.